The van der Waals surface area contributed by atoms with Crippen molar-refractivity contribution in [3.05, 3.63) is 36.0 Å². The quantitative estimate of drug-likeness (QED) is 0.570. The number of nitrogens with one attached hydrogen (secondary N) is 1. The molecule has 2 aromatic rings. The summed E-state index contributed by atoms with van der Waals surface area (Å²) >= 11 is 0. The summed E-state index contributed by atoms with van der Waals surface area (Å²) in [5, 5.41) is 1.22. The van der Waals surface area contributed by atoms with Crippen LogP contribution in [0.1, 0.15) is 59.4 Å². The normalized spacial score (nSPS) is 21.2. The van der Waals surface area contributed by atoms with Crippen molar-refractivity contribution < 1.29 is 14.0 Å². The van der Waals surface area contributed by atoms with E-state index in [0.29, 0.717) is 13.1 Å². The molecule has 0 aliphatic carbocycles. The molecule has 3 atom stereocenters. The molecule has 1 unspecified atom stereocenters. The molecule has 1 aromatic carbocycles. The van der Waals surface area contributed by atoms with Crippen LogP contribution in [0, 0.1) is 0 Å². The van der Waals surface area contributed by atoms with E-state index in [4.69, 9.17) is 14.9 Å². The number of nitrogens with zero attached hydrogens (tertiary/aromatic N) is 1. The number of carbonyl (C=O) groups excluding carboxylic acids is 1. The molecule has 0 radical (unpaired) electrons. The van der Waals surface area contributed by atoms with Gasteiger partial charge in [-0.15, -0.1) is 0 Å². The Balaban J connectivity index is 2.02. The Bertz CT molecular complexity index is 942. The lowest BCUT2D eigenvalue weighted by Gasteiger charge is -2.42. The van der Waals surface area contributed by atoms with Gasteiger partial charge in [0, 0.05) is 36.1 Å². The third-order valence-corrected chi connectivity index (χ3v) is 11.5. The van der Waals surface area contributed by atoms with Gasteiger partial charge in [-0.05, 0) is 57.0 Å². The van der Waals surface area contributed by atoms with E-state index in [1.807, 2.05) is 44.0 Å². The first-order valence-electron chi connectivity index (χ1n) is 11.7. The van der Waals surface area contributed by atoms with Crippen molar-refractivity contribution in [2.75, 3.05) is 13.1 Å². The van der Waals surface area contributed by atoms with E-state index in [2.05, 4.69) is 51.0 Å². The molecule has 6 nitrogen and oxygen atoms in total. The second kappa shape index (κ2) is 8.84. The van der Waals surface area contributed by atoms with Crippen LogP contribution in [-0.4, -0.2) is 55.1 Å². The molecule has 178 valence electrons. The van der Waals surface area contributed by atoms with E-state index in [1.165, 1.54) is 0 Å². The number of hydrogen-bond donors (Lipinski definition) is 2. The minimum atomic E-state index is -2.05. The Morgan fingerprint density at radius 3 is 2.47 bits per heavy atom. The highest BCUT2D eigenvalue weighted by Crippen LogP contribution is 2.42. The van der Waals surface area contributed by atoms with Gasteiger partial charge in [0.15, 0.2) is 8.32 Å². The first kappa shape index (κ1) is 24.8. The van der Waals surface area contributed by atoms with Crippen LogP contribution in [0.25, 0.3) is 10.9 Å². The van der Waals surface area contributed by atoms with Gasteiger partial charge in [-0.2, -0.15) is 0 Å². The highest BCUT2D eigenvalue weighted by atomic mass is 28.4. The number of rotatable bonds is 5. The predicted octanol–water partition coefficient (Wildman–Crippen LogP) is 5.61. The van der Waals surface area contributed by atoms with Crippen molar-refractivity contribution in [3.63, 3.8) is 0 Å². The number of amides is 1. The summed E-state index contributed by atoms with van der Waals surface area (Å²) in [6.45, 7) is 18.0. The predicted molar refractivity (Wildman–Crippen MR) is 134 cm³/mol. The molecule has 1 aliphatic heterocycles. The van der Waals surface area contributed by atoms with Crippen LogP contribution in [0.15, 0.2) is 30.5 Å². The fraction of sp³-hybridized carbons (Fsp3) is 0.640. The maximum absolute atomic E-state index is 13.2. The fourth-order valence-electron chi connectivity index (χ4n) is 4.33. The number of ether oxygens (including phenoxy) is 1. The Kier molecular flexibility index (Phi) is 6.85. The lowest BCUT2D eigenvalue weighted by molar-refractivity contribution is 0.0132. The van der Waals surface area contributed by atoms with Crippen molar-refractivity contribution in [1.29, 1.82) is 0 Å². The maximum atomic E-state index is 13.2. The van der Waals surface area contributed by atoms with Gasteiger partial charge in [0.1, 0.15) is 5.60 Å². The topological polar surface area (TPSA) is 80.6 Å². The Hall–Kier alpha value is -1.83. The van der Waals surface area contributed by atoms with Crippen LogP contribution in [0.2, 0.25) is 18.1 Å². The molecular formula is C25H41N3O3Si. The summed E-state index contributed by atoms with van der Waals surface area (Å²) in [4.78, 5) is 18.5. The van der Waals surface area contributed by atoms with Crippen molar-refractivity contribution in [2.24, 2.45) is 5.73 Å². The monoisotopic (exact) mass is 459 g/mol. The molecule has 0 bridgehead atoms. The zero-order valence-electron chi connectivity index (χ0n) is 21.0. The first-order valence-corrected chi connectivity index (χ1v) is 14.6. The van der Waals surface area contributed by atoms with E-state index in [-0.39, 0.29) is 29.2 Å². The van der Waals surface area contributed by atoms with Gasteiger partial charge < -0.3 is 24.8 Å². The third-order valence-electron chi connectivity index (χ3n) is 6.96. The second-order valence-electron chi connectivity index (χ2n) is 11.5. The Morgan fingerprint density at radius 1 is 1.22 bits per heavy atom. The smallest absolute Gasteiger partial charge is 0.410 e. The number of aromatic amines is 1. The molecule has 7 heteroatoms. The molecule has 1 fully saturated rings. The van der Waals surface area contributed by atoms with Crippen molar-refractivity contribution in [1.82, 2.24) is 9.88 Å². The van der Waals surface area contributed by atoms with Crippen LogP contribution in [0.5, 0.6) is 0 Å². The highest BCUT2D eigenvalue weighted by Gasteiger charge is 2.48. The van der Waals surface area contributed by atoms with Crippen LogP contribution < -0.4 is 5.73 Å². The average Bonchev–Trinajstić information content (AvgIpc) is 3.25. The zero-order chi connectivity index (χ0) is 23.9. The third kappa shape index (κ3) is 5.05. The number of hydrogen-bond acceptors (Lipinski definition) is 4. The zero-order valence-corrected chi connectivity index (χ0v) is 22.0. The summed E-state index contributed by atoms with van der Waals surface area (Å²) in [6, 6.07) is 8.06. The van der Waals surface area contributed by atoms with E-state index >= 15 is 0 Å². The number of H-pyrrole nitrogens is 1. The van der Waals surface area contributed by atoms with E-state index in [9.17, 15) is 4.79 Å². The SMILES string of the molecule is CC(C)(C)OC(=O)N1CC[C@H](O[Si](C)(C)C(C)(C)C)[C@H]1C(CN)c1c[nH]c2ccccc12. The summed E-state index contributed by atoms with van der Waals surface area (Å²) in [5.41, 5.74) is 8.05. The number of fused-ring (bicyclic) bond motifs is 1. The number of aromatic nitrogens is 1. The van der Waals surface area contributed by atoms with Gasteiger partial charge in [-0.3, -0.25) is 0 Å². The average molecular weight is 460 g/mol. The lowest BCUT2D eigenvalue weighted by atomic mass is 9.88. The summed E-state index contributed by atoms with van der Waals surface area (Å²) in [7, 11) is -2.05. The van der Waals surface area contributed by atoms with Crippen molar-refractivity contribution in [2.45, 2.75) is 89.8 Å². The van der Waals surface area contributed by atoms with E-state index in [0.717, 1.165) is 22.9 Å². The molecule has 3 rings (SSSR count). The number of carbonyl (C=O) groups is 1. The molecule has 1 saturated heterocycles. The van der Waals surface area contributed by atoms with Crippen molar-refractivity contribution >= 4 is 25.3 Å². The van der Waals surface area contributed by atoms with Gasteiger partial charge in [0.2, 0.25) is 0 Å². The molecule has 1 aromatic heterocycles. The molecule has 32 heavy (non-hydrogen) atoms. The van der Waals surface area contributed by atoms with Crippen LogP contribution in [0.4, 0.5) is 4.79 Å². The molecule has 3 N–H and O–H groups in total. The van der Waals surface area contributed by atoms with E-state index < -0.39 is 13.9 Å². The maximum Gasteiger partial charge on any atom is 0.410 e. The Morgan fingerprint density at radius 2 is 1.88 bits per heavy atom. The summed E-state index contributed by atoms with van der Waals surface area (Å²) in [6.07, 6.45) is 2.46. The molecule has 2 heterocycles. The molecular weight excluding hydrogens is 418 g/mol. The summed E-state index contributed by atoms with van der Waals surface area (Å²) < 4.78 is 12.7. The van der Waals surface area contributed by atoms with Gasteiger partial charge in [0.25, 0.3) is 0 Å². The van der Waals surface area contributed by atoms with Crippen LogP contribution in [0.3, 0.4) is 0 Å². The first-order chi connectivity index (χ1) is 14.7. The number of benzene rings is 1. The lowest BCUT2D eigenvalue weighted by Crippen LogP contribution is -2.52. The van der Waals surface area contributed by atoms with E-state index in [1.54, 1.807) is 0 Å². The minimum Gasteiger partial charge on any atom is -0.444 e. The second-order valence-corrected chi connectivity index (χ2v) is 16.3. The number of para-hydroxylation sites is 1. The number of nitrogens with two attached hydrogens (primary N) is 1. The largest absolute Gasteiger partial charge is 0.444 e. The molecule has 0 spiro atoms. The van der Waals surface area contributed by atoms with Gasteiger partial charge in [0.05, 0.1) is 12.1 Å². The van der Waals surface area contributed by atoms with Gasteiger partial charge in [-0.25, -0.2) is 4.79 Å². The van der Waals surface area contributed by atoms with Crippen LogP contribution >= 0.6 is 0 Å². The van der Waals surface area contributed by atoms with Crippen LogP contribution in [-0.2, 0) is 9.16 Å². The van der Waals surface area contributed by atoms with Gasteiger partial charge in [-0.1, -0.05) is 39.0 Å². The fourth-order valence-corrected chi connectivity index (χ4v) is 5.70. The molecule has 0 saturated carbocycles. The van der Waals surface area contributed by atoms with Gasteiger partial charge >= 0.3 is 6.09 Å². The van der Waals surface area contributed by atoms with Crippen molar-refractivity contribution in [3.8, 4) is 0 Å². The molecule has 1 aliphatic rings. The molecule has 1 amide bonds. The summed E-state index contributed by atoms with van der Waals surface area (Å²) in [5.74, 6) is -0.0593. The highest BCUT2D eigenvalue weighted by molar-refractivity contribution is 6.74. The number of likely N-dealkylation sites (tertiary alicyclic amines) is 1. The standard InChI is InChI=1S/C25H41N3O3Si/c1-24(2,3)30-23(29)28-14-13-21(31-32(7,8)25(4,5)6)22(28)18(15-26)19-16-27-20-12-10-9-11-17(19)20/h9-12,16,18,21-22,27H,13-15,26H2,1-8H3/t18?,21-,22+/m0/s1. The minimum absolute atomic E-state index is 0.0593. The Labute approximate surface area is 194 Å².